The highest BCUT2D eigenvalue weighted by atomic mass is 35.5. The number of hydrogen-bond acceptors (Lipinski definition) is 3. The summed E-state index contributed by atoms with van der Waals surface area (Å²) >= 11 is 5.87. The molecular weight excluding hydrogens is 378 g/mol. The Hall–Kier alpha value is -1.79. The van der Waals surface area contributed by atoms with Crippen molar-refractivity contribution in [2.75, 3.05) is 20.3 Å². The first kappa shape index (κ1) is 19.5. The molecule has 1 saturated heterocycles. The number of ether oxygens (including phenoxy) is 1. The lowest BCUT2D eigenvalue weighted by Crippen LogP contribution is -2.59. The van der Waals surface area contributed by atoms with Crippen LogP contribution in [0.25, 0.3) is 0 Å². The van der Waals surface area contributed by atoms with Crippen molar-refractivity contribution in [3.8, 4) is 0 Å². The number of nitrogens with one attached hydrogen (secondary N) is 2. The summed E-state index contributed by atoms with van der Waals surface area (Å²) in [5.41, 5.74) is 1.28. The van der Waals surface area contributed by atoms with Crippen molar-refractivity contribution in [3.05, 3.63) is 34.9 Å². The quantitative estimate of drug-likeness (QED) is 0.791. The van der Waals surface area contributed by atoms with Gasteiger partial charge in [0.1, 0.15) is 0 Å². The molecule has 2 saturated carbocycles. The first-order valence-electron chi connectivity index (χ1n) is 10.1. The first-order chi connectivity index (χ1) is 13.4. The number of amides is 3. The van der Waals surface area contributed by atoms with Crippen molar-refractivity contribution in [2.45, 2.75) is 50.7 Å². The molecule has 1 aromatic rings. The van der Waals surface area contributed by atoms with Crippen molar-refractivity contribution in [1.82, 2.24) is 15.5 Å². The van der Waals surface area contributed by atoms with Crippen LogP contribution in [0.15, 0.2) is 24.3 Å². The van der Waals surface area contributed by atoms with Crippen LogP contribution in [0.1, 0.15) is 37.7 Å². The van der Waals surface area contributed by atoms with Crippen molar-refractivity contribution >= 4 is 23.5 Å². The van der Waals surface area contributed by atoms with E-state index in [9.17, 15) is 9.59 Å². The van der Waals surface area contributed by atoms with Crippen LogP contribution >= 0.6 is 11.6 Å². The zero-order chi connectivity index (χ0) is 19.7. The van der Waals surface area contributed by atoms with Crippen LogP contribution in [0, 0.1) is 11.3 Å². The molecule has 2 N–H and O–H groups in total. The third-order valence-corrected chi connectivity index (χ3v) is 6.82. The number of carbonyl (C=O) groups is 2. The van der Waals surface area contributed by atoms with Gasteiger partial charge in [-0.15, -0.1) is 0 Å². The molecule has 1 atom stereocenters. The number of urea groups is 1. The number of carbonyl (C=O) groups excluding carboxylic acids is 2. The lowest BCUT2D eigenvalue weighted by molar-refractivity contribution is -0.150. The molecule has 6 nitrogen and oxygen atoms in total. The van der Waals surface area contributed by atoms with E-state index in [1.807, 2.05) is 36.2 Å². The summed E-state index contributed by atoms with van der Waals surface area (Å²) in [6, 6.07) is 7.76. The largest absolute Gasteiger partial charge is 0.379 e. The van der Waals surface area contributed by atoms with E-state index >= 15 is 0 Å². The van der Waals surface area contributed by atoms with Gasteiger partial charge in [0.25, 0.3) is 0 Å². The van der Waals surface area contributed by atoms with Gasteiger partial charge in [0, 0.05) is 37.2 Å². The minimum absolute atomic E-state index is 0.136. The molecule has 2 aliphatic carbocycles. The van der Waals surface area contributed by atoms with Crippen molar-refractivity contribution in [2.24, 2.45) is 11.3 Å². The standard InChI is InChI=1S/C21H28ClN3O3/c1-25(18-6-7-28-13-18)19(26)15-8-21(9-15)10-17(11-21)24-20(27)23-12-14-2-4-16(22)5-3-14/h2-5,15,17-18H,6-13H2,1H3,(H2,23,24,27)/t15?,17?,18-,21?/m1/s1. The molecule has 0 bridgehead atoms. The second-order valence-electron chi connectivity index (χ2n) is 8.63. The van der Waals surface area contributed by atoms with Crippen LogP contribution in [-0.2, 0) is 16.1 Å². The summed E-state index contributed by atoms with van der Waals surface area (Å²) in [5.74, 6) is 0.406. The summed E-state index contributed by atoms with van der Waals surface area (Å²) in [5, 5.41) is 6.62. The Morgan fingerprint density at radius 1 is 1.21 bits per heavy atom. The Morgan fingerprint density at radius 3 is 2.57 bits per heavy atom. The molecule has 1 aliphatic heterocycles. The molecule has 3 amide bonds. The number of benzene rings is 1. The van der Waals surface area contributed by atoms with Crippen LogP contribution in [0.3, 0.4) is 0 Å². The third kappa shape index (κ3) is 4.13. The molecule has 3 fully saturated rings. The summed E-state index contributed by atoms with van der Waals surface area (Å²) in [7, 11) is 1.91. The Labute approximate surface area is 170 Å². The van der Waals surface area contributed by atoms with E-state index in [0.29, 0.717) is 18.2 Å². The van der Waals surface area contributed by atoms with E-state index in [-0.39, 0.29) is 35.4 Å². The van der Waals surface area contributed by atoms with E-state index in [1.54, 1.807) is 0 Å². The minimum Gasteiger partial charge on any atom is -0.379 e. The van der Waals surface area contributed by atoms with Gasteiger partial charge >= 0.3 is 6.03 Å². The van der Waals surface area contributed by atoms with Gasteiger partial charge in [0.05, 0.1) is 12.6 Å². The zero-order valence-corrected chi connectivity index (χ0v) is 17.0. The summed E-state index contributed by atoms with van der Waals surface area (Å²) in [6.07, 6.45) is 4.79. The number of likely N-dealkylation sites (N-methyl/N-ethyl adjacent to an activating group) is 1. The monoisotopic (exact) mass is 405 g/mol. The van der Waals surface area contributed by atoms with Gasteiger partial charge in [0.15, 0.2) is 0 Å². The molecule has 1 spiro atoms. The number of halogens is 1. The van der Waals surface area contributed by atoms with Crippen LogP contribution < -0.4 is 10.6 Å². The van der Waals surface area contributed by atoms with E-state index in [2.05, 4.69) is 10.6 Å². The Morgan fingerprint density at radius 2 is 1.93 bits per heavy atom. The Bertz CT molecular complexity index is 719. The Kier molecular flexibility index (Phi) is 5.52. The number of nitrogens with zero attached hydrogens (tertiary/aromatic N) is 1. The topological polar surface area (TPSA) is 70.7 Å². The molecule has 0 radical (unpaired) electrons. The predicted octanol–water partition coefficient (Wildman–Crippen LogP) is 2.95. The van der Waals surface area contributed by atoms with Gasteiger partial charge in [0.2, 0.25) is 5.91 Å². The molecule has 152 valence electrons. The zero-order valence-electron chi connectivity index (χ0n) is 16.2. The van der Waals surface area contributed by atoms with Crippen molar-refractivity contribution < 1.29 is 14.3 Å². The smallest absolute Gasteiger partial charge is 0.315 e. The van der Waals surface area contributed by atoms with Crippen molar-refractivity contribution in [1.29, 1.82) is 0 Å². The van der Waals surface area contributed by atoms with Crippen LogP contribution in [-0.4, -0.2) is 49.2 Å². The second kappa shape index (κ2) is 7.91. The maximum absolute atomic E-state index is 12.6. The van der Waals surface area contributed by atoms with Crippen molar-refractivity contribution in [3.63, 3.8) is 0 Å². The van der Waals surface area contributed by atoms with E-state index in [1.165, 1.54) is 0 Å². The molecule has 3 aliphatic rings. The third-order valence-electron chi connectivity index (χ3n) is 6.57. The van der Waals surface area contributed by atoms with Gasteiger partial charge in [-0.3, -0.25) is 4.79 Å². The highest BCUT2D eigenvalue weighted by Gasteiger charge is 2.55. The van der Waals surface area contributed by atoms with Crippen LogP contribution in [0.5, 0.6) is 0 Å². The maximum atomic E-state index is 12.6. The van der Waals surface area contributed by atoms with Crippen LogP contribution in [0.4, 0.5) is 4.79 Å². The summed E-state index contributed by atoms with van der Waals surface area (Å²) in [6.45, 7) is 1.90. The molecule has 0 unspecified atom stereocenters. The second-order valence-corrected chi connectivity index (χ2v) is 9.07. The molecule has 0 aromatic heterocycles. The van der Waals surface area contributed by atoms with E-state index in [4.69, 9.17) is 16.3 Å². The molecule has 1 heterocycles. The average molecular weight is 406 g/mol. The number of hydrogen-bond donors (Lipinski definition) is 2. The molecule has 28 heavy (non-hydrogen) atoms. The fourth-order valence-corrected chi connectivity index (χ4v) is 5.02. The highest BCUT2D eigenvalue weighted by Crippen LogP contribution is 2.59. The SMILES string of the molecule is CN(C(=O)C1CC2(CC(NC(=O)NCc3ccc(Cl)cc3)C2)C1)[C@@H]1CCOC1. The summed E-state index contributed by atoms with van der Waals surface area (Å²) in [4.78, 5) is 26.6. The van der Waals surface area contributed by atoms with Gasteiger partial charge < -0.3 is 20.3 Å². The minimum atomic E-state index is -0.136. The average Bonchev–Trinajstić information content (AvgIpc) is 3.15. The van der Waals surface area contributed by atoms with Gasteiger partial charge in [-0.1, -0.05) is 23.7 Å². The van der Waals surface area contributed by atoms with E-state index < -0.39 is 0 Å². The number of rotatable bonds is 5. The Balaban J connectivity index is 1.15. The van der Waals surface area contributed by atoms with Gasteiger partial charge in [-0.05, 0) is 55.2 Å². The first-order valence-corrected chi connectivity index (χ1v) is 10.5. The fourth-order valence-electron chi connectivity index (χ4n) is 4.90. The fraction of sp³-hybridized carbons (Fsp3) is 0.619. The van der Waals surface area contributed by atoms with Gasteiger partial charge in [-0.2, -0.15) is 0 Å². The molecule has 4 rings (SSSR count). The summed E-state index contributed by atoms with van der Waals surface area (Å²) < 4.78 is 5.39. The maximum Gasteiger partial charge on any atom is 0.315 e. The lowest BCUT2D eigenvalue weighted by Gasteiger charge is -2.57. The normalized spacial score (nSPS) is 31.0. The lowest BCUT2D eigenvalue weighted by atomic mass is 9.50. The van der Waals surface area contributed by atoms with Gasteiger partial charge in [-0.25, -0.2) is 4.79 Å². The van der Waals surface area contributed by atoms with Crippen LogP contribution in [0.2, 0.25) is 5.02 Å². The molecule has 1 aromatic carbocycles. The molecular formula is C21H28ClN3O3. The predicted molar refractivity (Wildman–Crippen MR) is 107 cm³/mol. The highest BCUT2D eigenvalue weighted by molar-refractivity contribution is 6.30. The van der Waals surface area contributed by atoms with E-state index in [0.717, 1.165) is 44.3 Å². The molecule has 7 heteroatoms.